The predicted octanol–water partition coefficient (Wildman–Crippen LogP) is 5.41. The van der Waals surface area contributed by atoms with Gasteiger partial charge >= 0.3 is 6.03 Å². The van der Waals surface area contributed by atoms with Gasteiger partial charge in [0.2, 0.25) is 17.6 Å². The number of Topliss-reactive ketones (excluding diaryl/α,β-unsaturated/α-hetero) is 1. The molecule has 1 saturated heterocycles. The van der Waals surface area contributed by atoms with Gasteiger partial charge in [-0.05, 0) is 62.7 Å². The Balaban J connectivity index is 1.75. The van der Waals surface area contributed by atoms with Crippen LogP contribution in [-0.4, -0.2) is 76.9 Å². The van der Waals surface area contributed by atoms with Crippen molar-refractivity contribution < 1.29 is 28.4 Å². The molecule has 1 aromatic heterocycles. The molecule has 0 spiro atoms. The molecule has 2 aliphatic rings. The number of thioether (sulfide) groups is 1. The molecule has 2 heterocycles. The fraction of sp³-hybridized carbons (Fsp3) is 0.649. The summed E-state index contributed by atoms with van der Waals surface area (Å²) in [6.45, 7) is 15.7. The number of hydrogen-bond acceptors (Lipinski definition) is 7. The first-order chi connectivity index (χ1) is 23.2. The predicted molar refractivity (Wildman–Crippen MR) is 194 cm³/mol. The van der Waals surface area contributed by atoms with Crippen LogP contribution < -0.4 is 21.3 Å². The van der Waals surface area contributed by atoms with E-state index in [0.717, 1.165) is 54.8 Å². The zero-order valence-electron chi connectivity index (χ0n) is 30.2. The summed E-state index contributed by atoms with van der Waals surface area (Å²) in [6, 6.07) is 1.08. The highest BCUT2D eigenvalue weighted by molar-refractivity contribution is 7.98. The summed E-state index contributed by atoms with van der Waals surface area (Å²) in [5.41, 5.74) is 0.990. The zero-order chi connectivity index (χ0) is 36.2. The topological polar surface area (TPSA) is 150 Å². The third-order valence-electron chi connectivity index (χ3n) is 9.34. The smallest absolute Gasteiger partial charge is 0.315 e. The average molecular weight is 700 g/mol. The molecule has 49 heavy (non-hydrogen) atoms. The van der Waals surface area contributed by atoms with Gasteiger partial charge in [0.1, 0.15) is 11.8 Å². The van der Waals surface area contributed by atoms with E-state index in [1.165, 1.54) is 6.08 Å². The van der Waals surface area contributed by atoms with Crippen LogP contribution in [0.1, 0.15) is 105 Å². The molecule has 3 atom stereocenters. The zero-order valence-corrected chi connectivity index (χ0v) is 31.1. The number of ketones is 1. The second-order valence-corrected chi connectivity index (χ2v) is 15.6. The first-order valence-corrected chi connectivity index (χ1v) is 18.7. The number of hydrogen-bond donors (Lipinski definition) is 4. The number of rotatable bonds is 16. The monoisotopic (exact) mass is 699 g/mol. The minimum absolute atomic E-state index is 0.0624. The largest absolute Gasteiger partial charge is 0.468 e. The molecule has 1 aliphatic heterocycles. The molecule has 0 radical (unpaired) electrons. The molecule has 1 saturated carbocycles. The van der Waals surface area contributed by atoms with Gasteiger partial charge in [0.05, 0.1) is 36.1 Å². The Morgan fingerprint density at radius 2 is 1.84 bits per heavy atom. The maximum absolute atomic E-state index is 14.4. The molecule has 0 bridgehead atoms. The first kappa shape index (κ1) is 39.9. The Labute approximate surface area is 296 Å². The number of carbonyl (C=O) groups is 5. The van der Waals surface area contributed by atoms with Crippen LogP contribution in [0, 0.1) is 5.41 Å². The van der Waals surface area contributed by atoms with E-state index in [1.54, 1.807) is 22.9 Å². The van der Waals surface area contributed by atoms with Crippen LogP contribution in [0.5, 0.6) is 0 Å². The first-order valence-electron chi connectivity index (χ1n) is 17.6. The third-order valence-corrected chi connectivity index (χ3v) is 10.6. The Morgan fingerprint density at radius 1 is 1.12 bits per heavy atom. The SMILES string of the molecule is C=CCNC(=O)C(=O)C(CCC)NC(=O)C[C@@H]1C(=C(C)C)CCN1C(=O)[C@@H](NC(=O)NC1(CSCc2ccco2)CCCCC1)C(C)(C)C. The van der Waals surface area contributed by atoms with Gasteiger partial charge in [0.15, 0.2) is 0 Å². The second kappa shape index (κ2) is 18.5. The molecule has 1 aromatic rings. The van der Waals surface area contributed by atoms with Gasteiger partial charge in [-0.2, -0.15) is 11.8 Å². The molecule has 272 valence electrons. The maximum atomic E-state index is 14.4. The minimum atomic E-state index is -0.972. The van der Waals surface area contributed by atoms with E-state index in [4.69, 9.17) is 4.42 Å². The van der Waals surface area contributed by atoms with Crippen molar-refractivity contribution in [2.45, 2.75) is 129 Å². The highest BCUT2D eigenvalue weighted by Crippen LogP contribution is 2.34. The lowest BCUT2D eigenvalue weighted by molar-refractivity contribution is -0.140. The molecule has 12 heteroatoms. The molecular weight excluding hydrogens is 643 g/mol. The summed E-state index contributed by atoms with van der Waals surface area (Å²) >= 11 is 1.73. The van der Waals surface area contributed by atoms with Crippen molar-refractivity contribution in [3.05, 3.63) is 48.0 Å². The van der Waals surface area contributed by atoms with E-state index < -0.39 is 41.1 Å². The molecule has 2 fully saturated rings. The maximum Gasteiger partial charge on any atom is 0.315 e. The fourth-order valence-corrected chi connectivity index (χ4v) is 7.95. The van der Waals surface area contributed by atoms with Crippen molar-refractivity contribution in [1.29, 1.82) is 0 Å². The summed E-state index contributed by atoms with van der Waals surface area (Å²) in [5, 5.41) is 11.6. The van der Waals surface area contributed by atoms with Crippen LogP contribution in [0.2, 0.25) is 0 Å². The van der Waals surface area contributed by atoms with E-state index in [-0.39, 0.29) is 30.4 Å². The summed E-state index contributed by atoms with van der Waals surface area (Å²) in [7, 11) is 0. The average Bonchev–Trinajstić information content (AvgIpc) is 3.72. The van der Waals surface area contributed by atoms with Gasteiger partial charge in [-0.15, -0.1) is 6.58 Å². The molecule has 11 nitrogen and oxygen atoms in total. The number of urea groups is 1. The van der Waals surface area contributed by atoms with Gasteiger partial charge < -0.3 is 30.6 Å². The molecule has 5 amide bonds. The lowest BCUT2D eigenvalue weighted by Crippen LogP contribution is -2.61. The Kier molecular flexibility index (Phi) is 15.0. The number of furan rings is 1. The normalized spacial score (nSPS) is 18.6. The van der Waals surface area contributed by atoms with E-state index in [1.807, 2.05) is 53.7 Å². The van der Waals surface area contributed by atoms with Crippen molar-refractivity contribution in [3.8, 4) is 0 Å². The van der Waals surface area contributed by atoms with Crippen molar-refractivity contribution in [2.75, 3.05) is 18.8 Å². The van der Waals surface area contributed by atoms with Gasteiger partial charge in [-0.1, -0.05) is 65.0 Å². The number of likely N-dealkylation sites (tertiary alicyclic amines) is 1. The van der Waals surface area contributed by atoms with E-state index in [0.29, 0.717) is 31.6 Å². The van der Waals surface area contributed by atoms with E-state index in [9.17, 15) is 24.0 Å². The van der Waals surface area contributed by atoms with E-state index >= 15 is 0 Å². The molecule has 1 aliphatic carbocycles. The van der Waals surface area contributed by atoms with Gasteiger partial charge in [0.25, 0.3) is 5.91 Å². The van der Waals surface area contributed by atoms with Crippen LogP contribution in [0.15, 0.2) is 46.6 Å². The fourth-order valence-electron chi connectivity index (χ4n) is 6.73. The second-order valence-electron chi connectivity index (χ2n) is 14.6. The van der Waals surface area contributed by atoms with Crippen molar-refractivity contribution >= 4 is 41.3 Å². The lowest BCUT2D eigenvalue weighted by Gasteiger charge is -2.40. The van der Waals surface area contributed by atoms with Gasteiger partial charge in [0, 0.05) is 18.8 Å². The van der Waals surface area contributed by atoms with Gasteiger partial charge in [-0.25, -0.2) is 4.79 Å². The lowest BCUT2D eigenvalue weighted by atomic mass is 9.83. The van der Waals surface area contributed by atoms with Crippen LogP contribution in [0.4, 0.5) is 4.79 Å². The minimum Gasteiger partial charge on any atom is -0.468 e. The quantitative estimate of drug-likeness (QED) is 0.133. The standard InChI is InChI=1S/C37H57N5O6S/c1-8-14-28(31(44)33(45)38-19-9-2)39-30(43)22-29-27(25(3)4)16-20-42(29)34(46)32(36(5,6)7)40-35(47)41-37(17-11-10-12-18-37)24-49-23-26-15-13-21-48-26/h9,13,15,21,28-29,32H,2,8,10-12,14,16-20,22-24H2,1,3-7H3,(H,38,45)(H,39,43)(H2,40,41,47)/t28?,29-,32-/m1/s1. The number of carbonyl (C=O) groups excluding carboxylic acids is 5. The highest BCUT2D eigenvalue weighted by atomic mass is 32.2. The number of allylic oxidation sites excluding steroid dienone is 1. The number of amides is 5. The Hall–Kier alpha value is -3.54. The number of nitrogens with zero attached hydrogens (tertiary/aromatic N) is 1. The molecular formula is C37H57N5O6S. The van der Waals surface area contributed by atoms with E-state index in [2.05, 4.69) is 27.8 Å². The summed E-state index contributed by atoms with van der Waals surface area (Å²) in [4.78, 5) is 68.5. The summed E-state index contributed by atoms with van der Waals surface area (Å²) in [6.07, 6.45) is 9.49. The summed E-state index contributed by atoms with van der Waals surface area (Å²) < 4.78 is 5.49. The van der Waals surface area contributed by atoms with Crippen molar-refractivity contribution in [3.63, 3.8) is 0 Å². The van der Waals surface area contributed by atoms with Crippen LogP contribution >= 0.6 is 11.8 Å². The summed E-state index contributed by atoms with van der Waals surface area (Å²) in [5.74, 6) is 0.183. The Bertz CT molecular complexity index is 1340. The Morgan fingerprint density at radius 3 is 2.43 bits per heavy atom. The van der Waals surface area contributed by atoms with Gasteiger partial charge in [-0.3, -0.25) is 19.2 Å². The molecule has 0 aromatic carbocycles. The van der Waals surface area contributed by atoms with Crippen LogP contribution in [0.3, 0.4) is 0 Å². The number of nitrogens with one attached hydrogen (secondary N) is 4. The van der Waals surface area contributed by atoms with Crippen LogP contribution in [0.25, 0.3) is 0 Å². The molecule has 4 N–H and O–H groups in total. The van der Waals surface area contributed by atoms with Crippen LogP contribution in [-0.2, 0) is 24.9 Å². The molecule has 3 rings (SSSR count). The highest BCUT2D eigenvalue weighted by Gasteiger charge is 2.43. The third kappa shape index (κ3) is 11.5. The van der Waals surface area contributed by atoms with Crippen molar-refractivity contribution in [2.24, 2.45) is 5.41 Å². The van der Waals surface area contributed by atoms with Crippen molar-refractivity contribution in [1.82, 2.24) is 26.2 Å². The molecule has 1 unspecified atom stereocenters.